The highest BCUT2D eigenvalue weighted by molar-refractivity contribution is 7.92. The Balaban J connectivity index is 1.74. The van der Waals surface area contributed by atoms with Gasteiger partial charge in [0.25, 0.3) is 15.7 Å². The monoisotopic (exact) mass is 632 g/mol. The number of carbonyl (C=O) groups excluding carboxylic acids is 2. The van der Waals surface area contributed by atoms with E-state index in [-0.39, 0.29) is 38.9 Å². The van der Waals surface area contributed by atoms with Crippen molar-refractivity contribution < 1.29 is 22.9 Å². The van der Waals surface area contributed by atoms with Gasteiger partial charge in [0, 0.05) is 40.3 Å². The van der Waals surface area contributed by atoms with Crippen molar-refractivity contribution in [3.8, 4) is 0 Å². The van der Waals surface area contributed by atoms with Crippen LogP contribution in [0.25, 0.3) is 0 Å². The average Bonchev–Trinajstić information content (AvgIpc) is 3.49. The Kier molecular flexibility index (Phi) is 10.1. The van der Waals surface area contributed by atoms with Crippen molar-refractivity contribution in [3.05, 3.63) is 98.5 Å². The number of hydrogen-bond donors (Lipinski definition) is 1. The van der Waals surface area contributed by atoms with Gasteiger partial charge < -0.3 is 10.2 Å². The topological polar surface area (TPSA) is 130 Å². The van der Waals surface area contributed by atoms with Crippen molar-refractivity contribution in [1.29, 1.82) is 0 Å². The normalized spacial score (nSPS) is 14.3. The first-order chi connectivity index (χ1) is 20.0. The number of hydrogen-bond acceptors (Lipinski definition) is 6. The van der Waals surface area contributed by atoms with Crippen LogP contribution in [0.4, 0.5) is 11.4 Å². The van der Waals surface area contributed by atoms with E-state index in [9.17, 15) is 28.1 Å². The van der Waals surface area contributed by atoms with E-state index in [0.717, 1.165) is 36.1 Å². The highest BCUT2D eigenvalue weighted by Gasteiger charge is 2.34. The molecule has 1 atom stereocenters. The van der Waals surface area contributed by atoms with Crippen LogP contribution in [0.1, 0.15) is 38.2 Å². The zero-order valence-electron chi connectivity index (χ0n) is 22.8. The molecule has 1 aliphatic carbocycles. The molecule has 0 heterocycles. The number of sulfonamides is 1. The van der Waals surface area contributed by atoms with Crippen LogP contribution in [-0.2, 0) is 26.2 Å². The number of nitrogens with zero attached hydrogens (tertiary/aromatic N) is 3. The van der Waals surface area contributed by atoms with Gasteiger partial charge in [0.1, 0.15) is 12.6 Å². The van der Waals surface area contributed by atoms with Gasteiger partial charge in [0.15, 0.2) is 0 Å². The molecule has 0 aliphatic heterocycles. The first-order valence-corrected chi connectivity index (χ1v) is 15.5. The Morgan fingerprint density at radius 3 is 2.24 bits per heavy atom. The third kappa shape index (κ3) is 7.21. The van der Waals surface area contributed by atoms with Crippen LogP contribution in [0.3, 0.4) is 0 Å². The molecule has 0 spiro atoms. The molecule has 4 rings (SSSR count). The van der Waals surface area contributed by atoms with Crippen LogP contribution in [-0.4, -0.2) is 48.7 Å². The highest BCUT2D eigenvalue weighted by Crippen LogP contribution is 2.30. The number of amides is 2. The number of nitro benzene ring substituents is 1. The third-order valence-corrected chi connectivity index (χ3v) is 9.69. The summed E-state index contributed by atoms with van der Waals surface area (Å²) in [4.78, 5) is 39.3. The lowest BCUT2D eigenvalue weighted by atomic mass is 10.1. The SMILES string of the molecule is C[C@@H](C(=O)NC1CCCC1)N(Cc1c(Cl)cccc1Cl)C(=O)CN(c1cccc([N+](=O)[O-])c1)S(=O)(=O)c1ccccc1. The molecule has 0 aromatic heterocycles. The van der Waals surface area contributed by atoms with Gasteiger partial charge in [-0.2, -0.15) is 0 Å². The molecule has 3 aromatic rings. The van der Waals surface area contributed by atoms with Crippen molar-refractivity contribution in [2.24, 2.45) is 0 Å². The molecule has 1 N–H and O–H groups in total. The summed E-state index contributed by atoms with van der Waals surface area (Å²) < 4.78 is 28.5. The van der Waals surface area contributed by atoms with Crippen LogP contribution in [0.5, 0.6) is 0 Å². The van der Waals surface area contributed by atoms with Crippen molar-refractivity contribution in [1.82, 2.24) is 10.2 Å². The minimum atomic E-state index is -4.37. The Bertz CT molecular complexity index is 1550. The van der Waals surface area contributed by atoms with E-state index < -0.39 is 39.3 Å². The minimum absolute atomic E-state index is 0.0133. The summed E-state index contributed by atoms with van der Waals surface area (Å²) in [6.07, 6.45) is 3.65. The lowest BCUT2D eigenvalue weighted by molar-refractivity contribution is -0.384. The third-order valence-electron chi connectivity index (χ3n) is 7.20. The van der Waals surface area contributed by atoms with Crippen molar-refractivity contribution >= 4 is 56.4 Å². The summed E-state index contributed by atoms with van der Waals surface area (Å²) >= 11 is 12.8. The summed E-state index contributed by atoms with van der Waals surface area (Å²) in [5.74, 6) is -1.13. The number of rotatable bonds is 11. The van der Waals surface area contributed by atoms with Crippen LogP contribution >= 0.6 is 23.2 Å². The standard InChI is InChI=1S/C29H30Cl2N4O6S/c1-20(29(37)32-21-9-5-6-10-21)33(18-25-26(30)15-8-16-27(25)31)28(36)19-34(22-11-7-12-23(17-22)35(38)39)42(40,41)24-13-3-2-4-14-24/h2-4,7-8,11-17,20-21H,5-6,9-10,18-19H2,1H3,(H,32,37)/t20-/m0/s1. The molecular formula is C29H30Cl2N4O6S. The van der Waals surface area contributed by atoms with Crippen LogP contribution in [0.2, 0.25) is 10.0 Å². The zero-order valence-corrected chi connectivity index (χ0v) is 25.1. The van der Waals surface area contributed by atoms with Gasteiger partial charge in [-0.25, -0.2) is 8.42 Å². The molecule has 42 heavy (non-hydrogen) atoms. The fourth-order valence-electron chi connectivity index (χ4n) is 4.84. The van der Waals surface area contributed by atoms with Crippen molar-refractivity contribution in [2.75, 3.05) is 10.8 Å². The Labute approximate surface area is 254 Å². The predicted molar refractivity (Wildman–Crippen MR) is 161 cm³/mol. The number of halogens is 2. The molecule has 1 fully saturated rings. The summed E-state index contributed by atoms with van der Waals surface area (Å²) in [5, 5.41) is 15.0. The van der Waals surface area contributed by atoms with E-state index >= 15 is 0 Å². The van der Waals surface area contributed by atoms with Gasteiger partial charge in [-0.3, -0.25) is 24.0 Å². The Morgan fingerprint density at radius 2 is 1.62 bits per heavy atom. The first kappa shape index (κ1) is 31.3. The summed E-state index contributed by atoms with van der Waals surface area (Å²) in [6.45, 7) is 0.628. The fourth-order valence-corrected chi connectivity index (χ4v) is 6.78. The van der Waals surface area contributed by atoms with E-state index in [1.165, 1.54) is 47.4 Å². The lowest BCUT2D eigenvalue weighted by Crippen LogP contribution is -2.52. The summed E-state index contributed by atoms with van der Waals surface area (Å²) in [6, 6.07) is 16.3. The predicted octanol–water partition coefficient (Wildman–Crippen LogP) is 5.57. The van der Waals surface area contributed by atoms with Gasteiger partial charge in [0.05, 0.1) is 15.5 Å². The highest BCUT2D eigenvalue weighted by atomic mass is 35.5. The fraction of sp³-hybridized carbons (Fsp3) is 0.310. The maximum Gasteiger partial charge on any atom is 0.271 e. The van der Waals surface area contributed by atoms with E-state index in [4.69, 9.17) is 23.2 Å². The van der Waals surface area contributed by atoms with Gasteiger partial charge >= 0.3 is 0 Å². The molecule has 3 aromatic carbocycles. The average molecular weight is 634 g/mol. The molecule has 1 saturated carbocycles. The lowest BCUT2D eigenvalue weighted by Gasteiger charge is -2.32. The molecular weight excluding hydrogens is 603 g/mol. The molecule has 0 unspecified atom stereocenters. The smallest absolute Gasteiger partial charge is 0.271 e. The van der Waals surface area contributed by atoms with Gasteiger partial charge in [0.2, 0.25) is 11.8 Å². The van der Waals surface area contributed by atoms with E-state index in [1.807, 2.05) is 0 Å². The van der Waals surface area contributed by atoms with Crippen LogP contribution < -0.4 is 9.62 Å². The van der Waals surface area contributed by atoms with Gasteiger partial charge in [-0.05, 0) is 50.1 Å². The molecule has 222 valence electrons. The molecule has 0 radical (unpaired) electrons. The Morgan fingerprint density at radius 1 is 1.00 bits per heavy atom. The Hall–Kier alpha value is -3.67. The quantitative estimate of drug-likeness (QED) is 0.217. The number of nitrogens with one attached hydrogen (secondary N) is 1. The second-order valence-electron chi connectivity index (χ2n) is 9.99. The minimum Gasteiger partial charge on any atom is -0.352 e. The number of anilines is 1. The number of carbonyl (C=O) groups is 2. The molecule has 1 aliphatic rings. The van der Waals surface area contributed by atoms with Crippen molar-refractivity contribution in [3.63, 3.8) is 0 Å². The zero-order chi connectivity index (χ0) is 30.4. The van der Waals surface area contributed by atoms with E-state index in [1.54, 1.807) is 31.2 Å². The first-order valence-electron chi connectivity index (χ1n) is 13.3. The van der Waals surface area contributed by atoms with Crippen molar-refractivity contribution in [2.45, 2.75) is 56.1 Å². The van der Waals surface area contributed by atoms with Crippen LogP contribution in [0, 0.1) is 10.1 Å². The maximum atomic E-state index is 14.1. The number of non-ortho nitro benzene ring substituents is 1. The summed E-state index contributed by atoms with van der Waals surface area (Å²) in [7, 11) is -4.37. The molecule has 13 heteroatoms. The second kappa shape index (κ2) is 13.5. The van der Waals surface area contributed by atoms with Crippen LogP contribution in [0.15, 0.2) is 77.7 Å². The number of nitro groups is 1. The molecule has 0 saturated heterocycles. The van der Waals surface area contributed by atoms with Gasteiger partial charge in [-0.1, -0.05) is 66.4 Å². The van der Waals surface area contributed by atoms with E-state index in [0.29, 0.717) is 5.56 Å². The number of benzene rings is 3. The molecule has 0 bridgehead atoms. The van der Waals surface area contributed by atoms with E-state index in [2.05, 4.69) is 5.32 Å². The maximum absolute atomic E-state index is 14.1. The molecule has 2 amide bonds. The second-order valence-corrected chi connectivity index (χ2v) is 12.7. The summed E-state index contributed by atoms with van der Waals surface area (Å²) in [5.41, 5.74) is -0.0417. The molecule has 10 nitrogen and oxygen atoms in total. The van der Waals surface area contributed by atoms with Gasteiger partial charge in [-0.15, -0.1) is 0 Å². The largest absolute Gasteiger partial charge is 0.352 e.